The largest absolute Gasteiger partial charge is 0.497 e. The summed E-state index contributed by atoms with van der Waals surface area (Å²) in [5, 5.41) is 4.49. The highest BCUT2D eigenvalue weighted by Gasteiger charge is 2.13. The standard InChI is InChI=1S/C15H19BrN2OS/c1-4-7-17-10(2)14-9-18-15(20-14)12-8-11(19-3)5-6-13(12)16/h5-6,8-10,17H,4,7H2,1-3H3. The van der Waals surface area contributed by atoms with Gasteiger partial charge in [0.15, 0.2) is 0 Å². The number of nitrogens with zero attached hydrogens (tertiary/aromatic N) is 1. The van der Waals surface area contributed by atoms with Gasteiger partial charge < -0.3 is 10.1 Å². The van der Waals surface area contributed by atoms with Crippen LogP contribution in [-0.4, -0.2) is 18.6 Å². The highest BCUT2D eigenvalue weighted by atomic mass is 79.9. The highest BCUT2D eigenvalue weighted by molar-refractivity contribution is 9.10. The van der Waals surface area contributed by atoms with E-state index in [0.717, 1.165) is 33.8 Å². The first-order valence-electron chi connectivity index (χ1n) is 6.68. The van der Waals surface area contributed by atoms with E-state index in [1.807, 2.05) is 24.4 Å². The maximum absolute atomic E-state index is 5.28. The Morgan fingerprint density at radius 1 is 1.45 bits per heavy atom. The van der Waals surface area contributed by atoms with Crippen molar-refractivity contribution in [2.75, 3.05) is 13.7 Å². The molecule has 0 radical (unpaired) electrons. The molecule has 1 aromatic carbocycles. The predicted molar refractivity (Wildman–Crippen MR) is 88.5 cm³/mol. The molecule has 0 saturated carbocycles. The second kappa shape index (κ2) is 7.20. The van der Waals surface area contributed by atoms with E-state index in [1.165, 1.54) is 4.88 Å². The van der Waals surface area contributed by atoms with Crippen molar-refractivity contribution in [2.24, 2.45) is 0 Å². The van der Waals surface area contributed by atoms with Gasteiger partial charge in [-0.15, -0.1) is 11.3 Å². The average molecular weight is 355 g/mol. The second-order valence-electron chi connectivity index (χ2n) is 4.59. The summed E-state index contributed by atoms with van der Waals surface area (Å²) in [5.41, 5.74) is 1.07. The lowest BCUT2D eigenvalue weighted by atomic mass is 10.2. The van der Waals surface area contributed by atoms with E-state index in [0.29, 0.717) is 6.04 Å². The fraction of sp³-hybridized carbons (Fsp3) is 0.400. The molecule has 5 heteroatoms. The fourth-order valence-corrected chi connectivity index (χ4v) is 3.41. The lowest BCUT2D eigenvalue weighted by Gasteiger charge is -2.09. The van der Waals surface area contributed by atoms with Crippen LogP contribution in [0.3, 0.4) is 0 Å². The number of aromatic nitrogens is 1. The summed E-state index contributed by atoms with van der Waals surface area (Å²) in [4.78, 5) is 5.80. The third-order valence-electron chi connectivity index (χ3n) is 3.05. The molecule has 108 valence electrons. The minimum absolute atomic E-state index is 0.339. The van der Waals surface area contributed by atoms with Crippen molar-refractivity contribution in [3.8, 4) is 16.3 Å². The molecule has 0 fully saturated rings. The van der Waals surface area contributed by atoms with E-state index >= 15 is 0 Å². The molecule has 1 atom stereocenters. The van der Waals surface area contributed by atoms with Crippen molar-refractivity contribution >= 4 is 27.3 Å². The number of benzene rings is 1. The van der Waals surface area contributed by atoms with Gasteiger partial charge >= 0.3 is 0 Å². The number of hydrogen-bond donors (Lipinski definition) is 1. The van der Waals surface area contributed by atoms with Crippen molar-refractivity contribution < 1.29 is 4.74 Å². The molecule has 20 heavy (non-hydrogen) atoms. The zero-order valence-corrected chi connectivity index (χ0v) is 14.3. The Kier molecular flexibility index (Phi) is 5.57. The van der Waals surface area contributed by atoms with E-state index < -0.39 is 0 Å². The number of halogens is 1. The van der Waals surface area contributed by atoms with Crippen LogP contribution >= 0.6 is 27.3 Å². The Morgan fingerprint density at radius 3 is 2.95 bits per heavy atom. The van der Waals surface area contributed by atoms with E-state index in [-0.39, 0.29) is 0 Å². The third kappa shape index (κ3) is 3.59. The second-order valence-corrected chi connectivity index (χ2v) is 6.51. The Balaban J connectivity index is 2.24. The van der Waals surface area contributed by atoms with E-state index in [1.54, 1.807) is 18.4 Å². The SMILES string of the molecule is CCCNC(C)c1cnc(-c2cc(OC)ccc2Br)s1. The molecule has 0 aliphatic carbocycles. The normalized spacial score (nSPS) is 12.4. The first-order valence-corrected chi connectivity index (χ1v) is 8.29. The van der Waals surface area contributed by atoms with Crippen molar-refractivity contribution in [1.82, 2.24) is 10.3 Å². The molecule has 1 heterocycles. The van der Waals surface area contributed by atoms with Gasteiger partial charge in [0.25, 0.3) is 0 Å². The lowest BCUT2D eigenvalue weighted by Crippen LogP contribution is -2.18. The zero-order valence-electron chi connectivity index (χ0n) is 11.9. The molecular formula is C15H19BrN2OS. The van der Waals surface area contributed by atoms with Gasteiger partial charge in [0.05, 0.1) is 7.11 Å². The minimum atomic E-state index is 0.339. The third-order valence-corrected chi connectivity index (χ3v) is 4.96. The summed E-state index contributed by atoms with van der Waals surface area (Å²) in [6.07, 6.45) is 3.09. The summed E-state index contributed by atoms with van der Waals surface area (Å²) in [6, 6.07) is 6.28. The van der Waals surface area contributed by atoms with Crippen LogP contribution in [0.15, 0.2) is 28.9 Å². The molecule has 0 spiro atoms. The Bertz CT molecular complexity index is 571. The molecule has 1 aromatic heterocycles. The topological polar surface area (TPSA) is 34.2 Å². The number of thiazole rings is 1. The van der Waals surface area contributed by atoms with Crippen LogP contribution in [0.5, 0.6) is 5.75 Å². The van der Waals surface area contributed by atoms with Gasteiger partial charge in [-0.2, -0.15) is 0 Å². The van der Waals surface area contributed by atoms with Gasteiger partial charge in [-0.25, -0.2) is 4.98 Å². The zero-order chi connectivity index (χ0) is 14.5. The van der Waals surface area contributed by atoms with Crippen molar-refractivity contribution in [2.45, 2.75) is 26.3 Å². The molecular weight excluding hydrogens is 336 g/mol. The molecule has 0 aliphatic rings. The Morgan fingerprint density at radius 2 is 2.25 bits per heavy atom. The van der Waals surface area contributed by atoms with E-state index in [9.17, 15) is 0 Å². The maximum Gasteiger partial charge on any atom is 0.124 e. The van der Waals surface area contributed by atoms with Gasteiger partial charge in [-0.05, 0) is 38.1 Å². The van der Waals surface area contributed by atoms with Gasteiger partial charge in [0.1, 0.15) is 10.8 Å². The number of ether oxygens (including phenoxy) is 1. The monoisotopic (exact) mass is 354 g/mol. The Labute approximate surface area is 132 Å². The van der Waals surface area contributed by atoms with Gasteiger partial charge in [-0.3, -0.25) is 0 Å². The summed E-state index contributed by atoms with van der Waals surface area (Å²) < 4.78 is 6.32. The van der Waals surface area contributed by atoms with E-state index in [2.05, 4.69) is 40.1 Å². The van der Waals surface area contributed by atoms with Crippen LogP contribution in [-0.2, 0) is 0 Å². The van der Waals surface area contributed by atoms with Crippen LogP contribution < -0.4 is 10.1 Å². The number of hydrogen-bond acceptors (Lipinski definition) is 4. The van der Waals surface area contributed by atoms with Crippen LogP contribution in [0.4, 0.5) is 0 Å². The summed E-state index contributed by atoms with van der Waals surface area (Å²) in [6.45, 7) is 5.37. The molecule has 2 rings (SSSR count). The van der Waals surface area contributed by atoms with Gasteiger partial charge in [0, 0.05) is 27.2 Å². The molecule has 3 nitrogen and oxygen atoms in total. The number of nitrogens with one attached hydrogen (secondary N) is 1. The van der Waals surface area contributed by atoms with Crippen LogP contribution in [0.25, 0.3) is 10.6 Å². The van der Waals surface area contributed by atoms with Gasteiger partial charge in [0.2, 0.25) is 0 Å². The molecule has 0 bridgehead atoms. The smallest absolute Gasteiger partial charge is 0.124 e. The van der Waals surface area contributed by atoms with Crippen molar-refractivity contribution in [1.29, 1.82) is 0 Å². The fourth-order valence-electron chi connectivity index (χ4n) is 1.87. The maximum atomic E-state index is 5.28. The van der Waals surface area contributed by atoms with Crippen LogP contribution in [0.2, 0.25) is 0 Å². The summed E-state index contributed by atoms with van der Waals surface area (Å²) in [7, 11) is 1.68. The average Bonchev–Trinajstić information content (AvgIpc) is 2.95. The van der Waals surface area contributed by atoms with Crippen molar-refractivity contribution in [3.63, 3.8) is 0 Å². The van der Waals surface area contributed by atoms with Crippen molar-refractivity contribution in [3.05, 3.63) is 33.7 Å². The highest BCUT2D eigenvalue weighted by Crippen LogP contribution is 2.35. The van der Waals surface area contributed by atoms with E-state index in [4.69, 9.17) is 4.74 Å². The summed E-state index contributed by atoms with van der Waals surface area (Å²) >= 11 is 5.30. The number of rotatable bonds is 6. The minimum Gasteiger partial charge on any atom is -0.497 e. The van der Waals surface area contributed by atoms with Crippen LogP contribution in [0.1, 0.15) is 31.2 Å². The lowest BCUT2D eigenvalue weighted by molar-refractivity contribution is 0.415. The first kappa shape index (κ1) is 15.5. The molecule has 2 aromatic rings. The quantitative estimate of drug-likeness (QED) is 0.820. The summed E-state index contributed by atoms with van der Waals surface area (Å²) in [5.74, 6) is 0.845. The molecule has 0 aliphatic heterocycles. The van der Waals surface area contributed by atoms with Gasteiger partial charge in [-0.1, -0.05) is 22.9 Å². The van der Waals surface area contributed by atoms with Crippen LogP contribution in [0, 0.1) is 0 Å². The Hall–Kier alpha value is -0.910. The predicted octanol–water partition coefficient (Wildman–Crippen LogP) is 4.64. The molecule has 0 saturated heterocycles. The first-order chi connectivity index (χ1) is 9.65. The molecule has 0 amide bonds. The molecule has 1 unspecified atom stereocenters. The number of methoxy groups -OCH3 is 1. The molecule has 1 N–H and O–H groups in total.